The zero-order valence-corrected chi connectivity index (χ0v) is 9.84. The Labute approximate surface area is 96.1 Å². The predicted molar refractivity (Wildman–Crippen MR) is 66.8 cm³/mol. The summed E-state index contributed by atoms with van der Waals surface area (Å²) in [6.45, 7) is 10.7. The maximum Gasteiger partial charge on any atom is 0.247 e. The van der Waals surface area contributed by atoms with E-state index in [9.17, 15) is 4.79 Å². The SMILES string of the molecule is C=C(C)C(=O)Cl.C=C(C)c1ccccc1. The Morgan fingerprint density at radius 2 is 1.53 bits per heavy atom. The molecule has 0 atom stereocenters. The van der Waals surface area contributed by atoms with Gasteiger partial charge >= 0.3 is 0 Å². The topological polar surface area (TPSA) is 17.1 Å². The molecule has 15 heavy (non-hydrogen) atoms. The summed E-state index contributed by atoms with van der Waals surface area (Å²) in [5.41, 5.74) is 2.73. The molecule has 0 saturated carbocycles. The molecule has 0 amide bonds. The third kappa shape index (κ3) is 6.69. The molecule has 0 aliphatic heterocycles. The maximum absolute atomic E-state index is 9.81. The Kier molecular flexibility index (Phi) is 6.39. The van der Waals surface area contributed by atoms with Crippen LogP contribution in [-0.4, -0.2) is 5.24 Å². The van der Waals surface area contributed by atoms with Crippen molar-refractivity contribution in [3.8, 4) is 0 Å². The van der Waals surface area contributed by atoms with Crippen molar-refractivity contribution in [1.82, 2.24) is 0 Å². The average molecular weight is 223 g/mol. The van der Waals surface area contributed by atoms with Crippen LogP contribution in [0.2, 0.25) is 0 Å². The zero-order chi connectivity index (χ0) is 11.8. The smallest absolute Gasteiger partial charge is 0.247 e. The number of benzene rings is 1. The van der Waals surface area contributed by atoms with Gasteiger partial charge in [-0.05, 0) is 31.0 Å². The van der Waals surface area contributed by atoms with Crippen molar-refractivity contribution in [3.63, 3.8) is 0 Å². The molecule has 2 heteroatoms. The second-order valence-corrected chi connectivity index (χ2v) is 3.54. The first-order chi connectivity index (χ1) is 6.95. The molecule has 1 nitrogen and oxygen atoms in total. The first-order valence-electron chi connectivity index (χ1n) is 4.51. The van der Waals surface area contributed by atoms with Crippen LogP contribution in [-0.2, 0) is 4.79 Å². The van der Waals surface area contributed by atoms with Crippen LogP contribution >= 0.6 is 11.6 Å². The molecule has 0 bridgehead atoms. The Balaban J connectivity index is 0.000000288. The van der Waals surface area contributed by atoms with Crippen molar-refractivity contribution in [3.05, 3.63) is 54.6 Å². The Bertz CT molecular complexity index is 340. The molecule has 1 aromatic rings. The monoisotopic (exact) mass is 222 g/mol. The van der Waals surface area contributed by atoms with E-state index < -0.39 is 5.24 Å². The number of carbonyl (C=O) groups is 1. The minimum Gasteiger partial charge on any atom is -0.276 e. The molecule has 1 rings (SSSR count). The van der Waals surface area contributed by atoms with E-state index in [2.05, 4.69) is 25.3 Å². The van der Waals surface area contributed by atoms with E-state index >= 15 is 0 Å². The van der Waals surface area contributed by atoms with Gasteiger partial charge in [0.25, 0.3) is 0 Å². The van der Waals surface area contributed by atoms with Crippen molar-refractivity contribution >= 4 is 22.4 Å². The first kappa shape index (κ1) is 13.7. The van der Waals surface area contributed by atoms with Crippen LogP contribution in [0.15, 0.2) is 49.1 Å². The second-order valence-electron chi connectivity index (χ2n) is 3.20. The molecule has 0 unspecified atom stereocenters. The van der Waals surface area contributed by atoms with E-state index in [0.29, 0.717) is 5.57 Å². The average Bonchev–Trinajstić information content (AvgIpc) is 2.20. The van der Waals surface area contributed by atoms with Crippen LogP contribution in [0.5, 0.6) is 0 Å². The highest BCUT2D eigenvalue weighted by Crippen LogP contribution is 2.08. The normalized spacial score (nSPS) is 8.47. The predicted octanol–water partition coefficient (Wildman–Crippen LogP) is 4.05. The van der Waals surface area contributed by atoms with Crippen LogP contribution in [0.1, 0.15) is 19.4 Å². The molecule has 0 N–H and O–H groups in total. The highest BCUT2D eigenvalue weighted by Gasteiger charge is 1.89. The van der Waals surface area contributed by atoms with Crippen LogP contribution < -0.4 is 0 Å². The van der Waals surface area contributed by atoms with Gasteiger partial charge in [-0.2, -0.15) is 0 Å². The summed E-state index contributed by atoms with van der Waals surface area (Å²) in [6, 6.07) is 10.2. The number of carbonyl (C=O) groups excluding carboxylic acids is 1. The van der Waals surface area contributed by atoms with Crippen molar-refractivity contribution in [2.45, 2.75) is 13.8 Å². The highest BCUT2D eigenvalue weighted by molar-refractivity contribution is 6.67. The quantitative estimate of drug-likeness (QED) is 0.545. The lowest BCUT2D eigenvalue weighted by atomic mass is 10.1. The summed E-state index contributed by atoms with van der Waals surface area (Å²) in [6.07, 6.45) is 0. The lowest BCUT2D eigenvalue weighted by molar-refractivity contribution is -0.108. The first-order valence-corrected chi connectivity index (χ1v) is 4.89. The van der Waals surface area contributed by atoms with Gasteiger partial charge in [0.05, 0.1) is 0 Å². The minimum atomic E-state index is -0.463. The fourth-order valence-corrected chi connectivity index (χ4v) is 0.723. The van der Waals surface area contributed by atoms with Gasteiger partial charge in [0.2, 0.25) is 5.24 Å². The second kappa shape index (κ2) is 7.02. The summed E-state index contributed by atoms with van der Waals surface area (Å²) in [7, 11) is 0. The number of hydrogen-bond acceptors (Lipinski definition) is 1. The lowest BCUT2D eigenvalue weighted by Crippen LogP contribution is -1.81. The zero-order valence-electron chi connectivity index (χ0n) is 9.09. The number of allylic oxidation sites excluding steroid dienone is 2. The van der Waals surface area contributed by atoms with Crippen LogP contribution in [0, 0.1) is 0 Å². The summed E-state index contributed by atoms with van der Waals surface area (Å²) < 4.78 is 0. The van der Waals surface area contributed by atoms with Gasteiger partial charge in [-0.3, -0.25) is 4.79 Å². The van der Waals surface area contributed by atoms with E-state index in [0.717, 1.165) is 5.57 Å². The van der Waals surface area contributed by atoms with Crippen molar-refractivity contribution in [2.24, 2.45) is 0 Å². The van der Waals surface area contributed by atoms with Gasteiger partial charge in [-0.15, -0.1) is 0 Å². The van der Waals surface area contributed by atoms with Crippen molar-refractivity contribution < 1.29 is 4.79 Å². The molecule has 0 spiro atoms. The summed E-state index contributed by atoms with van der Waals surface area (Å²) in [4.78, 5) is 9.81. The molecular formula is C13H15ClO. The van der Waals surface area contributed by atoms with Gasteiger partial charge in [-0.25, -0.2) is 0 Å². The molecule has 0 fully saturated rings. The third-order valence-corrected chi connectivity index (χ3v) is 1.92. The maximum atomic E-state index is 9.81. The largest absolute Gasteiger partial charge is 0.276 e. The summed E-state index contributed by atoms with van der Waals surface area (Å²) in [5, 5.41) is -0.463. The van der Waals surface area contributed by atoms with Gasteiger partial charge in [0.1, 0.15) is 0 Å². The van der Waals surface area contributed by atoms with E-state index in [1.165, 1.54) is 5.56 Å². The molecule has 0 radical (unpaired) electrons. The molecule has 0 aromatic heterocycles. The van der Waals surface area contributed by atoms with Crippen molar-refractivity contribution in [2.75, 3.05) is 0 Å². The lowest BCUT2D eigenvalue weighted by Gasteiger charge is -1.94. The van der Waals surface area contributed by atoms with E-state index in [1.807, 2.05) is 25.1 Å². The fraction of sp³-hybridized carbons (Fsp3) is 0.154. The molecule has 0 aliphatic carbocycles. The molecule has 80 valence electrons. The van der Waals surface area contributed by atoms with E-state index in [-0.39, 0.29) is 0 Å². The molecule has 0 heterocycles. The number of hydrogen-bond donors (Lipinski definition) is 0. The highest BCUT2D eigenvalue weighted by atomic mass is 35.5. The van der Waals surface area contributed by atoms with Gasteiger partial charge in [0.15, 0.2) is 0 Å². The van der Waals surface area contributed by atoms with Crippen LogP contribution in [0.3, 0.4) is 0 Å². The summed E-state index contributed by atoms with van der Waals surface area (Å²) in [5.74, 6) is 0. The fourth-order valence-electron chi connectivity index (χ4n) is 0.723. The van der Waals surface area contributed by atoms with Crippen LogP contribution in [0.25, 0.3) is 5.57 Å². The third-order valence-electron chi connectivity index (χ3n) is 1.60. The van der Waals surface area contributed by atoms with Crippen molar-refractivity contribution in [1.29, 1.82) is 0 Å². The Morgan fingerprint density at radius 3 is 1.73 bits per heavy atom. The molecule has 0 aliphatic rings. The van der Waals surface area contributed by atoms with Gasteiger partial charge in [0, 0.05) is 5.57 Å². The Hall–Kier alpha value is -1.34. The van der Waals surface area contributed by atoms with E-state index in [1.54, 1.807) is 6.92 Å². The number of halogens is 1. The van der Waals surface area contributed by atoms with Gasteiger partial charge < -0.3 is 0 Å². The standard InChI is InChI=1S/C9H10.C4H5ClO/c1-8(2)9-6-4-3-5-7-9;1-3(2)4(5)6/h3-7H,1H2,2H3;1H2,2H3. The number of rotatable bonds is 2. The Morgan fingerprint density at radius 1 is 1.13 bits per heavy atom. The minimum absolute atomic E-state index is 0.386. The molecular weight excluding hydrogens is 208 g/mol. The molecule has 1 aromatic carbocycles. The summed E-state index contributed by atoms with van der Waals surface area (Å²) >= 11 is 4.87. The van der Waals surface area contributed by atoms with Gasteiger partial charge in [-0.1, -0.05) is 49.1 Å². The van der Waals surface area contributed by atoms with E-state index in [4.69, 9.17) is 11.6 Å². The van der Waals surface area contributed by atoms with Crippen LogP contribution in [0.4, 0.5) is 0 Å². The molecule has 0 saturated heterocycles.